The van der Waals surface area contributed by atoms with Gasteiger partial charge in [-0.3, -0.25) is 9.59 Å². The van der Waals surface area contributed by atoms with Crippen molar-refractivity contribution in [2.24, 2.45) is 0 Å². The van der Waals surface area contributed by atoms with Crippen LogP contribution in [0.15, 0.2) is 36.4 Å². The molecule has 6 heteroatoms. The summed E-state index contributed by atoms with van der Waals surface area (Å²) in [5.41, 5.74) is 2.49. The molecule has 0 aliphatic carbocycles. The lowest BCUT2D eigenvalue weighted by atomic mass is 10.1. The van der Waals surface area contributed by atoms with Crippen LogP contribution in [-0.4, -0.2) is 12.8 Å². The summed E-state index contributed by atoms with van der Waals surface area (Å²) in [5, 5.41) is 8.39. The third-order valence-corrected chi connectivity index (χ3v) is 2.95. The number of hydrogen-bond donors (Lipinski definition) is 3. The van der Waals surface area contributed by atoms with Gasteiger partial charge in [-0.2, -0.15) is 0 Å². The van der Waals surface area contributed by atoms with E-state index in [9.17, 15) is 9.59 Å². The zero-order valence-electron chi connectivity index (χ0n) is 10.3. The van der Waals surface area contributed by atoms with E-state index in [1.54, 1.807) is 36.4 Å². The highest BCUT2D eigenvalue weighted by atomic mass is 16.5. The van der Waals surface area contributed by atoms with Crippen LogP contribution in [-0.2, 0) is 9.59 Å². The van der Waals surface area contributed by atoms with Crippen molar-refractivity contribution in [3.8, 4) is 11.5 Å². The molecule has 1 heterocycles. The minimum atomic E-state index is 0.600. The van der Waals surface area contributed by atoms with Crippen molar-refractivity contribution in [1.29, 1.82) is 0 Å². The van der Waals surface area contributed by atoms with E-state index in [0.29, 0.717) is 47.1 Å². The number of anilines is 4. The maximum Gasteiger partial charge on any atom is 0.211 e. The number of rotatable bonds is 4. The SMILES string of the molecule is O=CNc1cccc2c1Nc1c(NC=O)cccc1O2. The van der Waals surface area contributed by atoms with Crippen molar-refractivity contribution in [3.05, 3.63) is 36.4 Å². The van der Waals surface area contributed by atoms with Crippen molar-refractivity contribution in [2.75, 3.05) is 16.0 Å². The lowest BCUT2D eigenvalue weighted by molar-refractivity contribution is -0.106. The van der Waals surface area contributed by atoms with E-state index in [4.69, 9.17) is 4.74 Å². The zero-order chi connectivity index (χ0) is 13.9. The third kappa shape index (κ3) is 1.93. The van der Waals surface area contributed by atoms with Crippen molar-refractivity contribution < 1.29 is 14.3 Å². The first kappa shape index (κ1) is 12.0. The van der Waals surface area contributed by atoms with E-state index in [0.717, 1.165) is 0 Å². The van der Waals surface area contributed by atoms with Crippen molar-refractivity contribution in [1.82, 2.24) is 0 Å². The fraction of sp³-hybridized carbons (Fsp3) is 0. The Bertz CT molecular complexity index is 628. The van der Waals surface area contributed by atoms with Gasteiger partial charge in [0.05, 0.1) is 11.4 Å². The molecule has 0 bridgehead atoms. The van der Waals surface area contributed by atoms with Crippen LogP contribution in [0.1, 0.15) is 0 Å². The molecular weight excluding hydrogens is 258 g/mol. The Labute approximate surface area is 114 Å². The monoisotopic (exact) mass is 269 g/mol. The van der Waals surface area contributed by atoms with E-state index in [1.807, 2.05) is 0 Å². The molecule has 0 spiro atoms. The lowest BCUT2D eigenvalue weighted by Crippen LogP contribution is -2.09. The number of carbonyl (C=O) groups excluding carboxylic acids is 2. The summed E-state index contributed by atoms with van der Waals surface area (Å²) in [5.74, 6) is 1.21. The number of fused-ring (bicyclic) bond motifs is 2. The van der Waals surface area contributed by atoms with Crippen LogP contribution < -0.4 is 20.7 Å². The average molecular weight is 269 g/mol. The predicted octanol–water partition coefficient (Wildman–Crippen LogP) is 2.67. The van der Waals surface area contributed by atoms with Gasteiger partial charge in [-0.05, 0) is 24.3 Å². The van der Waals surface area contributed by atoms with E-state index < -0.39 is 0 Å². The van der Waals surface area contributed by atoms with E-state index in [2.05, 4.69) is 16.0 Å². The summed E-state index contributed by atoms with van der Waals surface area (Å²) in [7, 11) is 0. The van der Waals surface area contributed by atoms with Crippen LogP contribution in [0, 0.1) is 0 Å². The van der Waals surface area contributed by atoms with Gasteiger partial charge in [0, 0.05) is 0 Å². The molecule has 6 nitrogen and oxygen atoms in total. The fourth-order valence-electron chi connectivity index (χ4n) is 2.10. The summed E-state index contributed by atoms with van der Waals surface area (Å²) in [6, 6.07) is 10.7. The lowest BCUT2D eigenvalue weighted by Gasteiger charge is -2.25. The highest BCUT2D eigenvalue weighted by Crippen LogP contribution is 2.47. The molecule has 0 radical (unpaired) electrons. The molecule has 3 N–H and O–H groups in total. The molecule has 3 rings (SSSR count). The van der Waals surface area contributed by atoms with Crippen LogP contribution in [0.4, 0.5) is 22.7 Å². The van der Waals surface area contributed by atoms with E-state index >= 15 is 0 Å². The molecule has 20 heavy (non-hydrogen) atoms. The van der Waals surface area contributed by atoms with E-state index in [1.165, 1.54) is 0 Å². The summed E-state index contributed by atoms with van der Waals surface area (Å²) in [4.78, 5) is 21.3. The summed E-state index contributed by atoms with van der Waals surface area (Å²) < 4.78 is 5.78. The first-order valence-corrected chi connectivity index (χ1v) is 5.95. The Hall–Kier alpha value is -3.02. The molecule has 2 amide bonds. The number of para-hydroxylation sites is 2. The first-order chi connectivity index (χ1) is 9.83. The van der Waals surface area contributed by atoms with E-state index in [-0.39, 0.29) is 0 Å². The number of nitrogens with one attached hydrogen (secondary N) is 3. The molecule has 1 aliphatic rings. The Kier molecular flexibility index (Phi) is 2.96. The van der Waals surface area contributed by atoms with Gasteiger partial charge < -0.3 is 20.7 Å². The molecule has 0 aromatic heterocycles. The minimum absolute atomic E-state index is 0.600. The molecule has 0 unspecified atom stereocenters. The molecule has 2 aromatic carbocycles. The number of hydrogen-bond acceptors (Lipinski definition) is 4. The maximum atomic E-state index is 10.6. The van der Waals surface area contributed by atoms with Crippen molar-refractivity contribution in [3.63, 3.8) is 0 Å². The van der Waals surface area contributed by atoms with Gasteiger partial charge in [0.2, 0.25) is 12.8 Å². The predicted molar refractivity (Wildman–Crippen MR) is 75.6 cm³/mol. The quantitative estimate of drug-likeness (QED) is 0.636. The average Bonchev–Trinajstić information content (AvgIpc) is 2.47. The van der Waals surface area contributed by atoms with Gasteiger partial charge in [-0.25, -0.2) is 0 Å². The summed E-state index contributed by atoms with van der Waals surface area (Å²) in [6.45, 7) is 0. The van der Waals surface area contributed by atoms with Gasteiger partial charge in [0.15, 0.2) is 11.5 Å². The van der Waals surface area contributed by atoms with Gasteiger partial charge >= 0.3 is 0 Å². The number of ether oxygens (including phenoxy) is 1. The zero-order valence-corrected chi connectivity index (χ0v) is 10.3. The van der Waals surface area contributed by atoms with Crippen molar-refractivity contribution >= 4 is 35.6 Å². The Morgan fingerprint density at radius 3 is 1.80 bits per heavy atom. The molecule has 0 saturated heterocycles. The standard InChI is InChI=1S/C14H11N3O3/c18-7-15-9-3-1-5-11-13(9)17-14-10(16-8-19)4-2-6-12(14)20-11/h1-8,17H,(H,15,18)(H,16,19). The number of benzene rings is 2. The largest absolute Gasteiger partial charge is 0.453 e. The maximum absolute atomic E-state index is 10.6. The van der Waals surface area contributed by atoms with Crippen LogP contribution in [0.2, 0.25) is 0 Å². The van der Waals surface area contributed by atoms with Crippen LogP contribution in [0.3, 0.4) is 0 Å². The van der Waals surface area contributed by atoms with Crippen LogP contribution in [0.5, 0.6) is 11.5 Å². The molecular formula is C14H11N3O3. The number of carbonyl (C=O) groups is 2. The second-order valence-electron chi connectivity index (χ2n) is 4.11. The third-order valence-electron chi connectivity index (χ3n) is 2.95. The molecule has 2 aromatic rings. The van der Waals surface area contributed by atoms with Crippen LogP contribution in [0.25, 0.3) is 0 Å². The van der Waals surface area contributed by atoms with Gasteiger partial charge in [-0.1, -0.05) is 12.1 Å². The minimum Gasteiger partial charge on any atom is -0.453 e. The molecule has 1 aliphatic heterocycles. The second kappa shape index (κ2) is 4.93. The summed E-state index contributed by atoms with van der Waals surface area (Å²) >= 11 is 0. The van der Waals surface area contributed by atoms with Gasteiger partial charge in [-0.15, -0.1) is 0 Å². The second-order valence-corrected chi connectivity index (χ2v) is 4.11. The molecule has 0 saturated carbocycles. The topological polar surface area (TPSA) is 79.5 Å². The van der Waals surface area contributed by atoms with Crippen LogP contribution >= 0.6 is 0 Å². The molecule has 0 fully saturated rings. The number of amides is 2. The smallest absolute Gasteiger partial charge is 0.211 e. The Morgan fingerprint density at radius 2 is 1.35 bits per heavy atom. The fourth-order valence-corrected chi connectivity index (χ4v) is 2.10. The molecule has 0 atom stereocenters. The normalized spacial score (nSPS) is 11.2. The van der Waals surface area contributed by atoms with Crippen molar-refractivity contribution in [2.45, 2.75) is 0 Å². The highest BCUT2D eigenvalue weighted by molar-refractivity contribution is 5.94. The summed E-state index contributed by atoms with van der Waals surface area (Å²) in [6.07, 6.45) is 1.20. The Morgan fingerprint density at radius 1 is 0.850 bits per heavy atom. The Balaban J connectivity index is 2.07. The molecule has 100 valence electrons. The first-order valence-electron chi connectivity index (χ1n) is 5.95. The van der Waals surface area contributed by atoms with Gasteiger partial charge in [0.1, 0.15) is 11.4 Å². The van der Waals surface area contributed by atoms with Gasteiger partial charge in [0.25, 0.3) is 0 Å². The highest BCUT2D eigenvalue weighted by Gasteiger charge is 2.21.